The van der Waals surface area contributed by atoms with Gasteiger partial charge in [0.05, 0.1) is 5.69 Å². The molecule has 0 bridgehead atoms. The van der Waals surface area contributed by atoms with Crippen LogP contribution in [-0.4, -0.2) is 27.3 Å². The van der Waals surface area contributed by atoms with E-state index < -0.39 is 0 Å². The first-order valence-corrected chi connectivity index (χ1v) is 6.55. The predicted octanol–water partition coefficient (Wildman–Crippen LogP) is 1.44. The van der Waals surface area contributed by atoms with Crippen LogP contribution in [0.2, 0.25) is 0 Å². The van der Waals surface area contributed by atoms with Crippen LogP contribution in [0.4, 0.5) is 0 Å². The number of hydrogen-bond donors (Lipinski definition) is 1. The summed E-state index contributed by atoms with van der Waals surface area (Å²) in [6.07, 6.45) is 3.64. The zero-order valence-electron chi connectivity index (χ0n) is 12.3. The Morgan fingerprint density at radius 1 is 1.37 bits per heavy atom. The van der Waals surface area contributed by atoms with Gasteiger partial charge >= 0.3 is 0 Å². The minimum absolute atomic E-state index is 0.00704. The van der Waals surface area contributed by atoms with Gasteiger partial charge in [0.2, 0.25) is 0 Å². The number of rotatable bonds is 3. The van der Waals surface area contributed by atoms with E-state index in [1.807, 2.05) is 26.2 Å². The van der Waals surface area contributed by atoms with Gasteiger partial charge in [0.1, 0.15) is 5.52 Å². The number of aromatic nitrogens is 3. The molecule has 5 heteroatoms. The highest BCUT2D eigenvalue weighted by atomic mass is 16.1. The Kier molecular flexibility index (Phi) is 3.49. The van der Waals surface area contributed by atoms with Crippen molar-refractivity contribution in [1.82, 2.24) is 19.5 Å². The molecule has 19 heavy (non-hydrogen) atoms. The van der Waals surface area contributed by atoms with Gasteiger partial charge in [-0.2, -0.15) is 5.10 Å². The van der Waals surface area contributed by atoms with Crippen molar-refractivity contribution in [3.05, 3.63) is 34.5 Å². The Hall–Kier alpha value is -1.62. The fraction of sp³-hybridized carbons (Fsp3) is 0.571. The number of aryl methyl sites for hydroxylation is 1. The second-order valence-electron chi connectivity index (χ2n) is 6.08. The Labute approximate surface area is 113 Å². The summed E-state index contributed by atoms with van der Waals surface area (Å²) < 4.78 is 3.39. The summed E-state index contributed by atoms with van der Waals surface area (Å²) in [6.45, 7) is 9.05. The van der Waals surface area contributed by atoms with Crippen LogP contribution in [0.5, 0.6) is 0 Å². The lowest BCUT2D eigenvalue weighted by molar-refractivity contribution is 0.252. The molecule has 0 saturated heterocycles. The molecule has 0 aliphatic rings. The number of nitrogens with one attached hydrogen (secondary N) is 1. The summed E-state index contributed by atoms with van der Waals surface area (Å²) in [7, 11) is 1.93. The first-order valence-electron chi connectivity index (χ1n) is 6.55. The summed E-state index contributed by atoms with van der Waals surface area (Å²) in [6, 6.07) is 2.06. The van der Waals surface area contributed by atoms with E-state index in [9.17, 15) is 4.79 Å². The second-order valence-corrected chi connectivity index (χ2v) is 6.08. The predicted molar refractivity (Wildman–Crippen MR) is 76.5 cm³/mol. The Bertz CT molecular complexity index is 633. The molecule has 0 saturated carbocycles. The van der Waals surface area contributed by atoms with E-state index in [0.717, 1.165) is 5.69 Å². The zero-order valence-corrected chi connectivity index (χ0v) is 12.3. The quantitative estimate of drug-likeness (QED) is 0.910. The first-order chi connectivity index (χ1) is 8.82. The fourth-order valence-electron chi connectivity index (χ4n) is 2.29. The van der Waals surface area contributed by atoms with Crippen LogP contribution in [0, 0.1) is 12.3 Å². The van der Waals surface area contributed by atoms with Crippen LogP contribution in [0.25, 0.3) is 5.52 Å². The molecule has 2 heterocycles. The Morgan fingerprint density at radius 2 is 2.05 bits per heavy atom. The van der Waals surface area contributed by atoms with Crippen LogP contribution in [0.1, 0.15) is 26.5 Å². The van der Waals surface area contributed by atoms with E-state index in [0.29, 0.717) is 12.1 Å². The molecule has 104 valence electrons. The van der Waals surface area contributed by atoms with Crippen LogP contribution in [0.3, 0.4) is 0 Å². The largest absolute Gasteiger partial charge is 0.315 e. The minimum Gasteiger partial charge on any atom is -0.315 e. The summed E-state index contributed by atoms with van der Waals surface area (Å²) in [5.74, 6) is 0. The van der Waals surface area contributed by atoms with E-state index in [-0.39, 0.29) is 17.0 Å². The first kappa shape index (κ1) is 13.8. The van der Waals surface area contributed by atoms with Gasteiger partial charge in [-0.05, 0) is 25.5 Å². The summed E-state index contributed by atoms with van der Waals surface area (Å²) in [5, 5.41) is 7.54. The van der Waals surface area contributed by atoms with Gasteiger partial charge in [0.15, 0.2) is 0 Å². The molecule has 0 aliphatic carbocycles. The lowest BCUT2D eigenvalue weighted by atomic mass is 9.87. The molecule has 0 aromatic carbocycles. The van der Waals surface area contributed by atoms with E-state index in [4.69, 9.17) is 0 Å². The van der Waals surface area contributed by atoms with Crippen molar-refractivity contribution in [2.45, 2.75) is 40.3 Å². The molecule has 0 amide bonds. The van der Waals surface area contributed by atoms with Crippen molar-refractivity contribution in [2.24, 2.45) is 5.41 Å². The van der Waals surface area contributed by atoms with Crippen molar-refractivity contribution in [3.8, 4) is 0 Å². The highest BCUT2D eigenvalue weighted by molar-refractivity contribution is 5.44. The molecule has 0 aliphatic heterocycles. The van der Waals surface area contributed by atoms with Gasteiger partial charge in [-0.15, -0.1) is 0 Å². The van der Waals surface area contributed by atoms with Crippen molar-refractivity contribution in [1.29, 1.82) is 0 Å². The molecular formula is C14H22N4O. The van der Waals surface area contributed by atoms with E-state index in [1.165, 1.54) is 0 Å². The monoisotopic (exact) mass is 262 g/mol. The third-order valence-corrected chi connectivity index (χ3v) is 3.50. The van der Waals surface area contributed by atoms with Gasteiger partial charge in [-0.3, -0.25) is 4.79 Å². The maximum Gasteiger partial charge on any atom is 0.276 e. The number of fused-ring (bicyclic) bond motifs is 1. The van der Waals surface area contributed by atoms with Crippen LogP contribution in [0.15, 0.2) is 23.3 Å². The average molecular weight is 262 g/mol. The van der Waals surface area contributed by atoms with Crippen molar-refractivity contribution >= 4 is 5.52 Å². The molecule has 2 rings (SSSR count). The molecule has 0 radical (unpaired) electrons. The van der Waals surface area contributed by atoms with Gasteiger partial charge in [-0.25, -0.2) is 4.52 Å². The third kappa shape index (κ3) is 2.71. The van der Waals surface area contributed by atoms with E-state index in [2.05, 4.69) is 31.2 Å². The van der Waals surface area contributed by atoms with Crippen LogP contribution in [-0.2, 0) is 6.54 Å². The molecule has 5 nitrogen and oxygen atoms in total. The fourth-order valence-corrected chi connectivity index (χ4v) is 2.29. The molecule has 0 spiro atoms. The van der Waals surface area contributed by atoms with Crippen LogP contribution >= 0.6 is 0 Å². The standard InChI is InChI=1S/C14H22N4O/c1-10-8-11-13(19)17(6-7-18(11)16-10)9-12(15-5)14(2,3)4/h6-8,12,15H,9H2,1-5H3. The number of likely N-dealkylation sites (N-methyl/N-ethyl adjacent to an activating group) is 1. The molecular weight excluding hydrogens is 240 g/mol. The van der Waals surface area contributed by atoms with Gasteiger partial charge in [0, 0.05) is 25.0 Å². The number of hydrogen-bond acceptors (Lipinski definition) is 3. The highest BCUT2D eigenvalue weighted by Crippen LogP contribution is 2.19. The molecule has 1 unspecified atom stereocenters. The molecule has 1 N–H and O–H groups in total. The van der Waals surface area contributed by atoms with E-state index >= 15 is 0 Å². The van der Waals surface area contributed by atoms with Gasteiger partial charge in [-0.1, -0.05) is 20.8 Å². The number of nitrogens with zero attached hydrogens (tertiary/aromatic N) is 3. The van der Waals surface area contributed by atoms with Crippen molar-refractivity contribution < 1.29 is 0 Å². The normalized spacial score (nSPS) is 13.9. The van der Waals surface area contributed by atoms with Crippen LogP contribution < -0.4 is 10.9 Å². The Balaban J connectivity index is 2.41. The minimum atomic E-state index is 0.00704. The van der Waals surface area contributed by atoms with Gasteiger partial charge < -0.3 is 9.88 Å². The average Bonchev–Trinajstić information content (AvgIpc) is 2.68. The second kappa shape index (κ2) is 4.81. The van der Waals surface area contributed by atoms with Gasteiger partial charge in [0.25, 0.3) is 5.56 Å². The maximum atomic E-state index is 12.4. The van der Waals surface area contributed by atoms with Crippen molar-refractivity contribution in [3.63, 3.8) is 0 Å². The molecule has 1 atom stereocenters. The lowest BCUT2D eigenvalue weighted by Gasteiger charge is -2.30. The summed E-state index contributed by atoms with van der Waals surface area (Å²) in [5.41, 5.74) is 1.59. The molecule has 0 fully saturated rings. The maximum absolute atomic E-state index is 12.4. The van der Waals surface area contributed by atoms with E-state index in [1.54, 1.807) is 15.3 Å². The topological polar surface area (TPSA) is 51.3 Å². The third-order valence-electron chi connectivity index (χ3n) is 3.50. The highest BCUT2D eigenvalue weighted by Gasteiger charge is 2.23. The van der Waals surface area contributed by atoms with Crippen molar-refractivity contribution in [2.75, 3.05) is 7.05 Å². The Morgan fingerprint density at radius 3 is 2.63 bits per heavy atom. The smallest absolute Gasteiger partial charge is 0.276 e. The lowest BCUT2D eigenvalue weighted by Crippen LogP contribution is -2.43. The summed E-state index contributed by atoms with van der Waals surface area (Å²) in [4.78, 5) is 12.4. The SMILES string of the molecule is CNC(Cn1ccn2nc(C)cc2c1=O)C(C)(C)C. The molecule has 2 aromatic rings. The molecule has 2 aromatic heterocycles. The summed E-state index contributed by atoms with van der Waals surface area (Å²) >= 11 is 0. The zero-order chi connectivity index (χ0) is 14.2.